The fourth-order valence-corrected chi connectivity index (χ4v) is 2.88. The third kappa shape index (κ3) is 5.06. The number of nitrogens with zero attached hydrogens (tertiary/aromatic N) is 1. The van der Waals surface area contributed by atoms with Crippen molar-refractivity contribution in [1.82, 2.24) is 10.2 Å². The summed E-state index contributed by atoms with van der Waals surface area (Å²) in [5.41, 5.74) is 5.04. The van der Waals surface area contributed by atoms with Gasteiger partial charge in [-0.25, -0.2) is 0 Å². The maximum absolute atomic E-state index is 11.8. The maximum Gasteiger partial charge on any atom is 0.237 e. The highest BCUT2D eigenvalue weighted by Gasteiger charge is 2.37. The minimum Gasteiger partial charge on any atom is -0.368 e. The molecule has 4 heteroatoms. The van der Waals surface area contributed by atoms with E-state index in [2.05, 4.69) is 31.0 Å². The lowest BCUT2D eigenvalue weighted by Crippen LogP contribution is -2.56. The van der Waals surface area contributed by atoms with Crippen LogP contribution in [0.25, 0.3) is 0 Å². The van der Waals surface area contributed by atoms with Crippen molar-refractivity contribution >= 4 is 5.91 Å². The molecule has 0 aromatic carbocycles. The van der Waals surface area contributed by atoms with Crippen molar-refractivity contribution in [2.45, 2.75) is 83.8 Å². The summed E-state index contributed by atoms with van der Waals surface area (Å²) in [7, 11) is 0. The van der Waals surface area contributed by atoms with E-state index < -0.39 is 5.54 Å². The number of hydrogen-bond acceptors (Lipinski definition) is 3. The summed E-state index contributed by atoms with van der Waals surface area (Å²) < 4.78 is 0. The number of carbonyl (C=O) groups excluding carboxylic acids is 1. The standard InChI is InChI=1S/C16H33N3O/c1-5-7-11-19(14-8-9-14)13(3)12-16(4,15(17)20)18-10-6-2/h13-14,18H,5-12H2,1-4H3,(H2,17,20). The monoisotopic (exact) mass is 283 g/mol. The molecule has 0 aromatic heterocycles. The minimum atomic E-state index is -0.589. The molecule has 1 aliphatic rings. The van der Waals surface area contributed by atoms with Crippen molar-refractivity contribution < 1.29 is 4.79 Å². The Morgan fingerprint density at radius 2 is 2.05 bits per heavy atom. The van der Waals surface area contributed by atoms with E-state index in [1.807, 2.05) is 6.92 Å². The molecule has 1 rings (SSSR count). The fraction of sp³-hybridized carbons (Fsp3) is 0.938. The van der Waals surface area contributed by atoms with Crippen LogP contribution in [0.4, 0.5) is 0 Å². The zero-order chi connectivity index (χ0) is 15.2. The Bertz CT molecular complexity index is 304. The number of rotatable bonds is 11. The van der Waals surface area contributed by atoms with Crippen molar-refractivity contribution in [1.29, 1.82) is 0 Å². The molecule has 20 heavy (non-hydrogen) atoms. The Hall–Kier alpha value is -0.610. The predicted molar refractivity (Wildman–Crippen MR) is 84.6 cm³/mol. The highest BCUT2D eigenvalue weighted by atomic mass is 16.1. The second-order valence-corrected chi connectivity index (χ2v) is 6.50. The molecule has 0 bridgehead atoms. The van der Waals surface area contributed by atoms with Crippen LogP contribution in [0.3, 0.4) is 0 Å². The van der Waals surface area contributed by atoms with Crippen molar-refractivity contribution in [2.75, 3.05) is 13.1 Å². The van der Waals surface area contributed by atoms with E-state index in [0.29, 0.717) is 6.04 Å². The number of unbranched alkanes of at least 4 members (excludes halogenated alkanes) is 1. The van der Waals surface area contributed by atoms with Crippen LogP contribution < -0.4 is 11.1 Å². The molecule has 4 nitrogen and oxygen atoms in total. The Balaban J connectivity index is 2.62. The van der Waals surface area contributed by atoms with Gasteiger partial charge in [0.15, 0.2) is 0 Å². The Morgan fingerprint density at radius 3 is 2.50 bits per heavy atom. The average Bonchev–Trinajstić information content (AvgIpc) is 3.21. The molecule has 0 aromatic rings. The third-order valence-corrected chi connectivity index (χ3v) is 4.36. The molecule has 1 saturated carbocycles. The summed E-state index contributed by atoms with van der Waals surface area (Å²) in [4.78, 5) is 14.4. The second-order valence-electron chi connectivity index (χ2n) is 6.50. The van der Waals surface area contributed by atoms with Gasteiger partial charge in [0.2, 0.25) is 5.91 Å². The quantitative estimate of drug-likeness (QED) is 0.611. The van der Waals surface area contributed by atoms with E-state index in [-0.39, 0.29) is 5.91 Å². The number of hydrogen-bond donors (Lipinski definition) is 2. The Morgan fingerprint density at radius 1 is 1.40 bits per heavy atom. The summed E-state index contributed by atoms with van der Waals surface area (Å²) >= 11 is 0. The van der Waals surface area contributed by atoms with Gasteiger partial charge in [0.05, 0.1) is 5.54 Å². The van der Waals surface area contributed by atoms with Crippen LogP contribution >= 0.6 is 0 Å². The zero-order valence-electron chi connectivity index (χ0n) is 13.7. The maximum atomic E-state index is 11.8. The first-order valence-corrected chi connectivity index (χ1v) is 8.25. The van der Waals surface area contributed by atoms with Crippen molar-refractivity contribution in [3.8, 4) is 0 Å². The Kier molecular flexibility index (Phi) is 6.96. The summed E-state index contributed by atoms with van der Waals surface area (Å²) in [5, 5.41) is 3.35. The van der Waals surface area contributed by atoms with Crippen LogP contribution in [0.5, 0.6) is 0 Å². The van der Waals surface area contributed by atoms with E-state index in [1.54, 1.807) is 0 Å². The molecule has 3 N–H and O–H groups in total. The smallest absolute Gasteiger partial charge is 0.237 e. The van der Waals surface area contributed by atoms with Gasteiger partial charge in [-0.05, 0) is 59.0 Å². The number of nitrogens with two attached hydrogens (primary N) is 1. The van der Waals surface area contributed by atoms with Crippen molar-refractivity contribution in [3.63, 3.8) is 0 Å². The first kappa shape index (κ1) is 17.4. The van der Waals surface area contributed by atoms with Gasteiger partial charge < -0.3 is 11.1 Å². The van der Waals surface area contributed by atoms with Gasteiger partial charge in [-0.1, -0.05) is 20.3 Å². The number of amides is 1. The van der Waals surface area contributed by atoms with Crippen molar-refractivity contribution in [2.24, 2.45) is 5.73 Å². The molecule has 0 saturated heterocycles. The summed E-state index contributed by atoms with van der Waals surface area (Å²) in [6.07, 6.45) is 6.88. The van der Waals surface area contributed by atoms with E-state index in [4.69, 9.17) is 5.73 Å². The van der Waals surface area contributed by atoms with E-state index in [0.717, 1.165) is 32.0 Å². The van der Waals surface area contributed by atoms with Crippen LogP contribution in [0.2, 0.25) is 0 Å². The molecule has 1 amide bonds. The molecule has 0 aliphatic heterocycles. The largest absolute Gasteiger partial charge is 0.368 e. The molecule has 0 radical (unpaired) electrons. The molecule has 2 atom stereocenters. The summed E-state index contributed by atoms with van der Waals surface area (Å²) in [6.45, 7) is 10.5. The average molecular weight is 283 g/mol. The zero-order valence-corrected chi connectivity index (χ0v) is 13.7. The molecule has 1 aliphatic carbocycles. The molecule has 0 heterocycles. The first-order chi connectivity index (χ1) is 9.44. The van der Waals surface area contributed by atoms with Crippen LogP contribution in [-0.4, -0.2) is 41.5 Å². The van der Waals surface area contributed by atoms with Crippen LogP contribution in [0, 0.1) is 0 Å². The lowest BCUT2D eigenvalue weighted by Gasteiger charge is -2.36. The molecular formula is C16H33N3O. The van der Waals surface area contributed by atoms with Crippen LogP contribution in [-0.2, 0) is 4.79 Å². The fourth-order valence-electron chi connectivity index (χ4n) is 2.88. The lowest BCUT2D eigenvalue weighted by molar-refractivity contribution is -0.124. The number of primary amides is 1. The van der Waals surface area contributed by atoms with Gasteiger partial charge in [0.25, 0.3) is 0 Å². The molecule has 0 spiro atoms. The highest BCUT2D eigenvalue weighted by molar-refractivity contribution is 5.84. The van der Waals surface area contributed by atoms with Crippen molar-refractivity contribution in [3.05, 3.63) is 0 Å². The van der Waals surface area contributed by atoms with Gasteiger partial charge in [-0.15, -0.1) is 0 Å². The molecule has 1 fully saturated rings. The lowest BCUT2D eigenvalue weighted by atomic mass is 9.91. The van der Waals surface area contributed by atoms with Gasteiger partial charge in [-0.2, -0.15) is 0 Å². The molecule has 2 unspecified atom stereocenters. The number of carbonyl (C=O) groups is 1. The topological polar surface area (TPSA) is 58.4 Å². The predicted octanol–water partition coefficient (Wildman–Crippen LogP) is 2.27. The van der Waals surface area contributed by atoms with Gasteiger partial charge >= 0.3 is 0 Å². The highest BCUT2D eigenvalue weighted by Crippen LogP contribution is 2.31. The summed E-state index contributed by atoms with van der Waals surface area (Å²) in [6, 6.07) is 1.13. The minimum absolute atomic E-state index is 0.232. The van der Waals surface area contributed by atoms with E-state index in [1.165, 1.54) is 25.7 Å². The normalized spacial score (nSPS) is 19.9. The van der Waals surface area contributed by atoms with Gasteiger partial charge in [0.1, 0.15) is 0 Å². The molecular weight excluding hydrogens is 250 g/mol. The summed E-state index contributed by atoms with van der Waals surface area (Å²) in [5.74, 6) is -0.232. The van der Waals surface area contributed by atoms with Crippen LogP contribution in [0.15, 0.2) is 0 Å². The van der Waals surface area contributed by atoms with Gasteiger partial charge in [-0.3, -0.25) is 9.69 Å². The first-order valence-electron chi connectivity index (χ1n) is 8.25. The number of nitrogens with one attached hydrogen (secondary N) is 1. The second kappa shape index (κ2) is 7.99. The molecule has 118 valence electrons. The van der Waals surface area contributed by atoms with Crippen LogP contribution in [0.1, 0.15) is 66.2 Å². The SMILES string of the molecule is CCCCN(C(C)CC(C)(NCCC)C(N)=O)C1CC1. The van der Waals surface area contributed by atoms with E-state index in [9.17, 15) is 4.79 Å². The van der Waals surface area contributed by atoms with Gasteiger partial charge in [0, 0.05) is 12.1 Å². The van der Waals surface area contributed by atoms with E-state index >= 15 is 0 Å². The third-order valence-electron chi connectivity index (χ3n) is 4.36. The Labute approximate surface area is 124 Å².